The Hall–Kier alpha value is -0.160. The molecule has 0 spiro atoms. The summed E-state index contributed by atoms with van der Waals surface area (Å²) < 4.78 is 10.3. The van der Waals surface area contributed by atoms with Gasteiger partial charge in [-0.15, -0.1) is 0 Å². The van der Waals surface area contributed by atoms with Crippen molar-refractivity contribution >= 4 is 0 Å². The maximum Gasteiger partial charge on any atom is 0.0928 e. The number of methoxy groups -OCH3 is 2. The number of hydrogen-bond acceptors (Lipinski definition) is 4. The highest BCUT2D eigenvalue weighted by molar-refractivity contribution is 4.73. The molecule has 0 aliphatic carbocycles. The first-order valence-electron chi connectivity index (χ1n) is 5.30. The van der Waals surface area contributed by atoms with Crippen molar-refractivity contribution in [2.24, 2.45) is 5.92 Å². The molecule has 2 atom stereocenters. The van der Waals surface area contributed by atoms with Crippen LogP contribution in [0.25, 0.3) is 0 Å². The van der Waals surface area contributed by atoms with Gasteiger partial charge in [0.2, 0.25) is 0 Å². The Kier molecular flexibility index (Phi) is 6.10. The van der Waals surface area contributed by atoms with Crippen molar-refractivity contribution < 1.29 is 9.47 Å². The van der Waals surface area contributed by atoms with Gasteiger partial charge in [0, 0.05) is 20.8 Å². The second kappa shape index (κ2) is 7.17. The Bertz CT molecular complexity index is 138. The fourth-order valence-electron chi connectivity index (χ4n) is 1.73. The predicted molar refractivity (Wildman–Crippen MR) is 56.5 cm³/mol. The molecule has 1 fully saturated rings. The molecule has 1 aliphatic rings. The maximum atomic E-state index is 5.25. The molecule has 0 aromatic heterocycles. The van der Waals surface area contributed by atoms with Crippen LogP contribution in [0.1, 0.15) is 6.42 Å². The van der Waals surface area contributed by atoms with Crippen LogP contribution in [0.4, 0.5) is 0 Å². The molecule has 1 heterocycles. The van der Waals surface area contributed by atoms with Crippen LogP contribution in [-0.4, -0.2) is 53.1 Å². The molecule has 2 unspecified atom stereocenters. The minimum Gasteiger partial charge on any atom is -0.382 e. The van der Waals surface area contributed by atoms with E-state index in [0.717, 1.165) is 32.1 Å². The summed E-state index contributed by atoms with van der Waals surface area (Å²) in [6.45, 7) is 4.93. The smallest absolute Gasteiger partial charge is 0.0928 e. The lowest BCUT2D eigenvalue weighted by Crippen LogP contribution is -2.35. The van der Waals surface area contributed by atoms with Gasteiger partial charge in [-0.05, 0) is 32.0 Å². The number of ether oxygens (including phenoxy) is 2. The fourth-order valence-corrected chi connectivity index (χ4v) is 1.73. The number of nitrogens with one attached hydrogen (secondary N) is 2. The van der Waals surface area contributed by atoms with Crippen LogP contribution in [0.15, 0.2) is 0 Å². The standard InChI is InChI=1S/C10H22N2O2/c1-13-8-10(14-2)7-12-6-9-3-4-11-5-9/h9-12H,3-8H2,1-2H3. The Morgan fingerprint density at radius 3 is 2.93 bits per heavy atom. The monoisotopic (exact) mass is 202 g/mol. The van der Waals surface area contributed by atoms with E-state index in [0.29, 0.717) is 6.61 Å². The van der Waals surface area contributed by atoms with Gasteiger partial charge in [-0.2, -0.15) is 0 Å². The Morgan fingerprint density at radius 2 is 2.36 bits per heavy atom. The van der Waals surface area contributed by atoms with Gasteiger partial charge >= 0.3 is 0 Å². The number of rotatable bonds is 7. The molecule has 4 heteroatoms. The van der Waals surface area contributed by atoms with Gasteiger partial charge in [-0.1, -0.05) is 0 Å². The lowest BCUT2D eigenvalue weighted by atomic mass is 10.1. The first-order chi connectivity index (χ1) is 6.86. The van der Waals surface area contributed by atoms with Crippen molar-refractivity contribution in [3.63, 3.8) is 0 Å². The summed E-state index contributed by atoms with van der Waals surface area (Å²) >= 11 is 0. The van der Waals surface area contributed by atoms with E-state index in [1.165, 1.54) is 6.42 Å². The highest BCUT2D eigenvalue weighted by Gasteiger charge is 2.14. The zero-order valence-corrected chi connectivity index (χ0v) is 9.21. The van der Waals surface area contributed by atoms with Gasteiger partial charge < -0.3 is 20.1 Å². The molecule has 0 saturated carbocycles. The summed E-state index contributed by atoms with van der Waals surface area (Å²) in [6, 6.07) is 0. The zero-order chi connectivity index (χ0) is 10.2. The minimum absolute atomic E-state index is 0.175. The third-order valence-corrected chi connectivity index (χ3v) is 2.65. The van der Waals surface area contributed by atoms with E-state index in [4.69, 9.17) is 9.47 Å². The summed E-state index contributed by atoms with van der Waals surface area (Å²) in [5.74, 6) is 0.787. The summed E-state index contributed by atoms with van der Waals surface area (Å²) in [5.41, 5.74) is 0. The SMILES string of the molecule is COCC(CNCC1CCNC1)OC. The first kappa shape index (κ1) is 11.9. The van der Waals surface area contributed by atoms with Gasteiger partial charge in [0.25, 0.3) is 0 Å². The molecule has 0 bridgehead atoms. The third kappa shape index (κ3) is 4.37. The van der Waals surface area contributed by atoms with Gasteiger partial charge in [-0.3, -0.25) is 0 Å². The van der Waals surface area contributed by atoms with Crippen molar-refractivity contribution in [3.05, 3.63) is 0 Å². The molecule has 1 saturated heterocycles. The molecule has 1 rings (SSSR count). The van der Waals surface area contributed by atoms with E-state index in [2.05, 4.69) is 10.6 Å². The maximum absolute atomic E-state index is 5.25. The molecule has 1 aliphatic heterocycles. The van der Waals surface area contributed by atoms with E-state index in [-0.39, 0.29) is 6.10 Å². The second-order valence-corrected chi connectivity index (χ2v) is 3.83. The Labute approximate surface area is 86.3 Å². The molecule has 4 nitrogen and oxygen atoms in total. The summed E-state index contributed by atoms with van der Waals surface area (Å²) in [7, 11) is 3.43. The predicted octanol–water partition coefficient (Wildman–Crippen LogP) is -0.153. The fraction of sp³-hybridized carbons (Fsp3) is 1.00. The highest BCUT2D eigenvalue weighted by atomic mass is 16.5. The van der Waals surface area contributed by atoms with Gasteiger partial charge in [0.1, 0.15) is 0 Å². The van der Waals surface area contributed by atoms with Crippen LogP contribution in [0.2, 0.25) is 0 Å². The zero-order valence-electron chi connectivity index (χ0n) is 9.21. The minimum atomic E-state index is 0.175. The molecule has 84 valence electrons. The van der Waals surface area contributed by atoms with Crippen LogP contribution in [0.5, 0.6) is 0 Å². The van der Waals surface area contributed by atoms with E-state index in [1.54, 1.807) is 14.2 Å². The van der Waals surface area contributed by atoms with Crippen LogP contribution in [0.3, 0.4) is 0 Å². The van der Waals surface area contributed by atoms with Gasteiger partial charge in [-0.25, -0.2) is 0 Å². The molecule has 0 aromatic carbocycles. The van der Waals surface area contributed by atoms with Crippen molar-refractivity contribution in [2.75, 3.05) is 47.0 Å². The number of hydrogen-bond donors (Lipinski definition) is 2. The van der Waals surface area contributed by atoms with Crippen LogP contribution >= 0.6 is 0 Å². The molecule has 0 radical (unpaired) electrons. The lowest BCUT2D eigenvalue weighted by Gasteiger charge is -2.16. The molecule has 0 aromatic rings. The van der Waals surface area contributed by atoms with E-state index in [9.17, 15) is 0 Å². The van der Waals surface area contributed by atoms with Crippen LogP contribution in [0, 0.1) is 5.92 Å². The average Bonchev–Trinajstić information content (AvgIpc) is 2.69. The van der Waals surface area contributed by atoms with E-state index >= 15 is 0 Å². The van der Waals surface area contributed by atoms with Crippen LogP contribution < -0.4 is 10.6 Å². The summed E-state index contributed by atoms with van der Waals surface area (Å²) in [4.78, 5) is 0. The topological polar surface area (TPSA) is 42.5 Å². The van der Waals surface area contributed by atoms with Gasteiger partial charge in [0.15, 0.2) is 0 Å². The molecule has 14 heavy (non-hydrogen) atoms. The second-order valence-electron chi connectivity index (χ2n) is 3.83. The Morgan fingerprint density at radius 1 is 1.50 bits per heavy atom. The third-order valence-electron chi connectivity index (χ3n) is 2.65. The van der Waals surface area contributed by atoms with Crippen LogP contribution in [-0.2, 0) is 9.47 Å². The molecular weight excluding hydrogens is 180 g/mol. The first-order valence-corrected chi connectivity index (χ1v) is 5.30. The average molecular weight is 202 g/mol. The molecule has 0 amide bonds. The van der Waals surface area contributed by atoms with Crippen molar-refractivity contribution in [1.82, 2.24) is 10.6 Å². The molecule has 2 N–H and O–H groups in total. The highest BCUT2D eigenvalue weighted by Crippen LogP contribution is 2.05. The Balaban J connectivity index is 2.00. The normalized spacial score (nSPS) is 24.0. The van der Waals surface area contributed by atoms with E-state index < -0.39 is 0 Å². The largest absolute Gasteiger partial charge is 0.382 e. The van der Waals surface area contributed by atoms with E-state index in [1.807, 2.05) is 0 Å². The van der Waals surface area contributed by atoms with Gasteiger partial charge in [0.05, 0.1) is 12.7 Å². The summed E-state index contributed by atoms with van der Waals surface area (Å²) in [5, 5.41) is 6.77. The lowest BCUT2D eigenvalue weighted by molar-refractivity contribution is 0.0286. The van der Waals surface area contributed by atoms with Crippen molar-refractivity contribution in [1.29, 1.82) is 0 Å². The quantitative estimate of drug-likeness (QED) is 0.602. The van der Waals surface area contributed by atoms with Crippen molar-refractivity contribution in [2.45, 2.75) is 12.5 Å². The molecular formula is C10H22N2O2. The summed E-state index contributed by atoms with van der Waals surface area (Å²) in [6.07, 6.45) is 1.46. The van der Waals surface area contributed by atoms with Crippen molar-refractivity contribution in [3.8, 4) is 0 Å².